The Hall–Kier alpha value is -0.260. The molecule has 0 saturated heterocycles. The van der Waals surface area contributed by atoms with Gasteiger partial charge in [-0.15, -0.1) is 0 Å². The molecule has 3 nitrogen and oxygen atoms in total. The summed E-state index contributed by atoms with van der Waals surface area (Å²) in [7, 11) is 0. The van der Waals surface area contributed by atoms with E-state index in [9.17, 15) is 26.3 Å². The van der Waals surface area contributed by atoms with E-state index in [1.807, 2.05) is 0 Å². The van der Waals surface area contributed by atoms with E-state index < -0.39 is 55.9 Å². The molecular weight excluding hydrogens is 363 g/mol. The standard InChI is InChI=1S/C6HCl2F6N3S2/c7-2-1(18-5(9,10)11)3(8)16-4(15-2)17-19-6(12,13)14/h(H,15,16,17). The van der Waals surface area contributed by atoms with Gasteiger partial charge in [-0.3, -0.25) is 4.72 Å². The smallest absolute Gasteiger partial charge is 0.291 e. The SMILES string of the molecule is FC(F)(F)SNc1nc(Cl)c(SC(F)(F)F)c(Cl)n1. The van der Waals surface area contributed by atoms with Crippen molar-refractivity contribution in [3.63, 3.8) is 0 Å². The van der Waals surface area contributed by atoms with Gasteiger partial charge in [0.25, 0.3) is 0 Å². The lowest BCUT2D eigenvalue weighted by molar-refractivity contribution is -0.0334. The van der Waals surface area contributed by atoms with Gasteiger partial charge in [-0.25, -0.2) is 0 Å². The zero-order valence-electron chi connectivity index (χ0n) is 8.23. The van der Waals surface area contributed by atoms with Gasteiger partial charge in [-0.1, -0.05) is 23.2 Å². The second-order valence-corrected chi connectivity index (χ2v) is 5.32. The van der Waals surface area contributed by atoms with Crippen LogP contribution in [-0.4, -0.2) is 21.0 Å². The van der Waals surface area contributed by atoms with Gasteiger partial charge in [0.15, 0.2) is 0 Å². The fourth-order valence-corrected chi connectivity index (χ4v) is 2.16. The summed E-state index contributed by atoms with van der Waals surface area (Å²) in [5, 5.41) is -1.40. The number of halogens is 8. The summed E-state index contributed by atoms with van der Waals surface area (Å²) in [5.41, 5.74) is -9.30. The predicted octanol–water partition coefficient (Wildman–Crippen LogP) is 4.98. The zero-order chi connectivity index (χ0) is 14.8. The fraction of sp³-hybridized carbons (Fsp3) is 0.333. The highest BCUT2D eigenvalue weighted by Crippen LogP contribution is 2.43. The van der Waals surface area contributed by atoms with Crippen molar-refractivity contribution in [1.29, 1.82) is 0 Å². The number of nitrogens with zero attached hydrogens (tertiary/aromatic N) is 2. The number of thioether (sulfide) groups is 1. The maximum atomic E-state index is 12.1. The Morgan fingerprint density at radius 2 is 1.37 bits per heavy atom. The van der Waals surface area contributed by atoms with Crippen molar-refractivity contribution in [2.75, 3.05) is 4.72 Å². The zero-order valence-corrected chi connectivity index (χ0v) is 11.4. The number of aromatic nitrogens is 2. The van der Waals surface area contributed by atoms with Crippen molar-refractivity contribution in [2.24, 2.45) is 0 Å². The number of hydrogen-bond donors (Lipinski definition) is 1. The van der Waals surface area contributed by atoms with Crippen LogP contribution in [0.25, 0.3) is 0 Å². The maximum absolute atomic E-state index is 12.1. The van der Waals surface area contributed by atoms with E-state index in [4.69, 9.17) is 23.2 Å². The van der Waals surface area contributed by atoms with Crippen molar-refractivity contribution < 1.29 is 26.3 Å². The van der Waals surface area contributed by atoms with Gasteiger partial charge in [-0.05, 0) is 11.8 Å². The third-order valence-corrected chi connectivity index (χ3v) is 3.37. The minimum Gasteiger partial charge on any atom is -0.291 e. The van der Waals surface area contributed by atoms with E-state index in [1.165, 1.54) is 0 Å². The van der Waals surface area contributed by atoms with Crippen LogP contribution in [-0.2, 0) is 0 Å². The molecule has 0 spiro atoms. The van der Waals surface area contributed by atoms with Crippen LogP contribution in [0.2, 0.25) is 10.3 Å². The summed E-state index contributed by atoms with van der Waals surface area (Å²) in [4.78, 5) is 5.79. The molecule has 108 valence electrons. The summed E-state index contributed by atoms with van der Waals surface area (Å²) < 4.78 is 73.7. The van der Waals surface area contributed by atoms with Crippen LogP contribution in [0.3, 0.4) is 0 Å². The van der Waals surface area contributed by atoms with Crippen LogP contribution in [0, 0.1) is 0 Å². The molecule has 0 atom stereocenters. The minimum absolute atomic E-state index is 0.649. The average Bonchev–Trinajstić information content (AvgIpc) is 2.18. The van der Waals surface area contributed by atoms with Crippen LogP contribution in [0.5, 0.6) is 0 Å². The summed E-state index contributed by atoms with van der Waals surface area (Å²) >= 11 is 9.45. The third kappa shape index (κ3) is 6.15. The molecular formula is C6HCl2F6N3S2. The molecule has 0 saturated carbocycles. The number of nitrogens with one attached hydrogen (secondary N) is 1. The monoisotopic (exact) mass is 363 g/mol. The van der Waals surface area contributed by atoms with Crippen molar-refractivity contribution >= 4 is 52.9 Å². The first-order chi connectivity index (χ1) is 8.48. The normalized spacial score (nSPS) is 12.6. The van der Waals surface area contributed by atoms with Crippen LogP contribution >= 0.6 is 46.9 Å². The minimum atomic E-state index is -4.67. The molecule has 13 heteroatoms. The molecule has 0 bridgehead atoms. The molecule has 0 amide bonds. The Balaban J connectivity index is 2.91. The van der Waals surface area contributed by atoms with Gasteiger partial charge in [0.05, 0.1) is 16.8 Å². The molecule has 0 aromatic carbocycles. The second kappa shape index (κ2) is 6.02. The van der Waals surface area contributed by atoms with E-state index in [1.54, 1.807) is 4.72 Å². The maximum Gasteiger partial charge on any atom is 0.461 e. The first kappa shape index (κ1) is 16.8. The molecule has 0 unspecified atom stereocenters. The second-order valence-electron chi connectivity index (χ2n) is 2.66. The predicted molar refractivity (Wildman–Crippen MR) is 61.2 cm³/mol. The third-order valence-electron chi connectivity index (χ3n) is 1.26. The van der Waals surface area contributed by atoms with Crippen LogP contribution < -0.4 is 4.72 Å². The van der Waals surface area contributed by atoms with Gasteiger partial charge < -0.3 is 0 Å². The van der Waals surface area contributed by atoms with Crippen LogP contribution in [0.1, 0.15) is 0 Å². The van der Waals surface area contributed by atoms with E-state index in [0.29, 0.717) is 0 Å². The first-order valence-corrected chi connectivity index (χ1v) is 6.36. The molecule has 1 rings (SSSR count). The number of rotatable bonds is 3. The Kier molecular flexibility index (Phi) is 5.32. The molecule has 1 aromatic heterocycles. The van der Waals surface area contributed by atoms with Gasteiger partial charge in [0.2, 0.25) is 5.95 Å². The highest BCUT2D eigenvalue weighted by molar-refractivity contribution is 8.01. The van der Waals surface area contributed by atoms with Crippen LogP contribution in [0.4, 0.5) is 32.3 Å². The molecule has 1 N–H and O–H groups in total. The molecule has 0 fully saturated rings. The molecule has 0 radical (unpaired) electrons. The highest BCUT2D eigenvalue weighted by Gasteiger charge is 2.33. The molecule has 1 heterocycles. The molecule has 0 aliphatic rings. The first-order valence-electron chi connectivity index (χ1n) is 3.97. The average molecular weight is 364 g/mol. The molecule has 0 aliphatic carbocycles. The fourth-order valence-electron chi connectivity index (χ4n) is 0.747. The van der Waals surface area contributed by atoms with E-state index >= 15 is 0 Å². The van der Waals surface area contributed by atoms with E-state index in [-0.39, 0.29) is 0 Å². The molecule has 19 heavy (non-hydrogen) atoms. The lowest BCUT2D eigenvalue weighted by Crippen LogP contribution is -2.08. The van der Waals surface area contributed by atoms with Gasteiger partial charge in [0.1, 0.15) is 10.3 Å². The number of hydrogen-bond acceptors (Lipinski definition) is 5. The Morgan fingerprint density at radius 1 is 0.895 bits per heavy atom. The largest absolute Gasteiger partial charge is 0.461 e. The molecule has 0 aliphatic heterocycles. The topological polar surface area (TPSA) is 37.8 Å². The Bertz CT molecular complexity index is 442. The van der Waals surface area contributed by atoms with E-state index in [0.717, 1.165) is 0 Å². The Morgan fingerprint density at radius 3 is 1.74 bits per heavy atom. The molecule has 1 aromatic rings. The number of anilines is 1. The van der Waals surface area contributed by atoms with Gasteiger partial charge in [0, 0.05) is 0 Å². The van der Waals surface area contributed by atoms with Gasteiger partial charge in [-0.2, -0.15) is 36.3 Å². The summed E-state index contributed by atoms with van der Waals surface area (Å²) in [6.45, 7) is 0. The lowest BCUT2D eigenvalue weighted by Gasteiger charge is -2.11. The van der Waals surface area contributed by atoms with E-state index in [2.05, 4.69) is 9.97 Å². The summed E-state index contributed by atoms with van der Waals surface area (Å²) in [6, 6.07) is 0. The number of alkyl halides is 6. The van der Waals surface area contributed by atoms with Gasteiger partial charge >= 0.3 is 11.0 Å². The highest BCUT2D eigenvalue weighted by atomic mass is 35.5. The van der Waals surface area contributed by atoms with Crippen LogP contribution in [0.15, 0.2) is 4.90 Å². The Labute approximate surface area is 120 Å². The summed E-state index contributed by atoms with van der Waals surface area (Å²) in [5.74, 6) is -0.649. The van der Waals surface area contributed by atoms with Crippen molar-refractivity contribution in [1.82, 2.24) is 9.97 Å². The summed E-state index contributed by atoms with van der Waals surface area (Å²) in [6.07, 6.45) is 0. The van der Waals surface area contributed by atoms with Crippen molar-refractivity contribution in [3.05, 3.63) is 10.3 Å². The van der Waals surface area contributed by atoms with Crippen molar-refractivity contribution in [2.45, 2.75) is 15.9 Å². The quantitative estimate of drug-likeness (QED) is 0.355. The lowest BCUT2D eigenvalue weighted by atomic mass is 10.6. The van der Waals surface area contributed by atoms with Crippen molar-refractivity contribution in [3.8, 4) is 0 Å².